The highest BCUT2D eigenvalue weighted by Crippen LogP contribution is 2.32. The van der Waals surface area contributed by atoms with Crippen LogP contribution in [0.3, 0.4) is 0 Å². The SMILES string of the molecule is CCCCCCCC1OCC(CCc2ccc(-c3ccc(-c4ccc(OCC)c(F)c4F)cc3)cc2F)CO1. The van der Waals surface area contributed by atoms with Gasteiger partial charge in [0.1, 0.15) is 5.82 Å². The van der Waals surface area contributed by atoms with E-state index in [9.17, 15) is 13.2 Å². The quantitative estimate of drug-likeness (QED) is 0.202. The summed E-state index contributed by atoms with van der Waals surface area (Å²) in [4.78, 5) is 0. The van der Waals surface area contributed by atoms with E-state index in [1.54, 1.807) is 31.2 Å². The van der Waals surface area contributed by atoms with Crippen molar-refractivity contribution in [2.24, 2.45) is 5.92 Å². The fraction of sp³-hybridized carbons (Fsp3) is 0.455. The largest absolute Gasteiger partial charge is 0.491 e. The number of ether oxygens (including phenoxy) is 3. The molecule has 0 aromatic heterocycles. The molecule has 0 unspecified atom stereocenters. The summed E-state index contributed by atoms with van der Waals surface area (Å²) in [6, 6.07) is 15.2. The lowest BCUT2D eigenvalue weighted by molar-refractivity contribution is -0.204. The molecule has 210 valence electrons. The van der Waals surface area contributed by atoms with E-state index in [1.807, 2.05) is 12.1 Å². The van der Waals surface area contributed by atoms with Crippen LogP contribution in [-0.2, 0) is 15.9 Å². The molecule has 3 aromatic rings. The summed E-state index contributed by atoms with van der Waals surface area (Å²) in [6.45, 7) is 5.50. The minimum absolute atomic E-state index is 0.102. The van der Waals surface area contributed by atoms with E-state index < -0.39 is 11.6 Å². The first-order valence-corrected chi connectivity index (χ1v) is 14.2. The number of rotatable bonds is 13. The van der Waals surface area contributed by atoms with Gasteiger partial charge in [0.25, 0.3) is 0 Å². The fourth-order valence-electron chi connectivity index (χ4n) is 4.98. The number of benzene rings is 3. The van der Waals surface area contributed by atoms with Gasteiger partial charge in [-0.25, -0.2) is 8.78 Å². The molecular weight excluding hydrogens is 501 g/mol. The Morgan fingerprint density at radius 1 is 0.744 bits per heavy atom. The fourth-order valence-corrected chi connectivity index (χ4v) is 4.98. The maximum atomic E-state index is 15.0. The molecule has 1 saturated heterocycles. The molecule has 0 atom stereocenters. The number of halogens is 3. The highest BCUT2D eigenvalue weighted by molar-refractivity contribution is 5.71. The van der Waals surface area contributed by atoms with E-state index in [4.69, 9.17) is 14.2 Å². The van der Waals surface area contributed by atoms with E-state index in [-0.39, 0.29) is 35.9 Å². The highest BCUT2D eigenvalue weighted by Gasteiger charge is 2.22. The van der Waals surface area contributed by atoms with Crippen molar-refractivity contribution in [3.63, 3.8) is 0 Å². The Morgan fingerprint density at radius 3 is 2.13 bits per heavy atom. The van der Waals surface area contributed by atoms with Crippen LogP contribution in [0.15, 0.2) is 54.6 Å². The van der Waals surface area contributed by atoms with Gasteiger partial charge in [-0.15, -0.1) is 0 Å². The van der Waals surface area contributed by atoms with Crippen molar-refractivity contribution in [1.29, 1.82) is 0 Å². The molecule has 1 fully saturated rings. The van der Waals surface area contributed by atoms with Crippen molar-refractivity contribution in [3.8, 4) is 28.0 Å². The van der Waals surface area contributed by atoms with Gasteiger partial charge < -0.3 is 14.2 Å². The van der Waals surface area contributed by atoms with Gasteiger partial charge in [0.2, 0.25) is 5.82 Å². The summed E-state index contributed by atoms with van der Waals surface area (Å²) in [7, 11) is 0. The topological polar surface area (TPSA) is 27.7 Å². The molecule has 0 aliphatic carbocycles. The summed E-state index contributed by atoms with van der Waals surface area (Å²) in [5.74, 6) is -2.04. The first kappa shape index (κ1) is 29.2. The molecular formula is C33H39F3O3. The lowest BCUT2D eigenvalue weighted by atomic mass is 9.96. The van der Waals surface area contributed by atoms with Gasteiger partial charge in [0.15, 0.2) is 17.9 Å². The van der Waals surface area contributed by atoms with Gasteiger partial charge in [0.05, 0.1) is 19.8 Å². The number of aryl methyl sites for hydroxylation is 1. The maximum Gasteiger partial charge on any atom is 0.201 e. The van der Waals surface area contributed by atoms with Crippen LogP contribution in [-0.4, -0.2) is 26.1 Å². The van der Waals surface area contributed by atoms with Gasteiger partial charge in [0, 0.05) is 11.5 Å². The molecule has 0 bridgehead atoms. The Bertz CT molecular complexity index is 1190. The average Bonchev–Trinajstić information content (AvgIpc) is 2.96. The van der Waals surface area contributed by atoms with Crippen LogP contribution in [0, 0.1) is 23.4 Å². The summed E-state index contributed by atoms with van der Waals surface area (Å²) < 4.78 is 60.7. The van der Waals surface area contributed by atoms with Crippen molar-refractivity contribution in [2.75, 3.05) is 19.8 Å². The van der Waals surface area contributed by atoms with Gasteiger partial charge in [-0.05, 0) is 73.1 Å². The number of hydrogen-bond acceptors (Lipinski definition) is 3. The van der Waals surface area contributed by atoms with E-state index in [2.05, 4.69) is 6.92 Å². The first-order chi connectivity index (χ1) is 19.0. The predicted molar refractivity (Wildman–Crippen MR) is 149 cm³/mol. The van der Waals surface area contributed by atoms with E-state index >= 15 is 0 Å². The van der Waals surface area contributed by atoms with Gasteiger partial charge in [-0.2, -0.15) is 4.39 Å². The smallest absolute Gasteiger partial charge is 0.201 e. The Kier molecular flexibility index (Phi) is 10.9. The van der Waals surface area contributed by atoms with Crippen molar-refractivity contribution in [2.45, 2.75) is 71.5 Å². The number of hydrogen-bond donors (Lipinski definition) is 0. The maximum absolute atomic E-state index is 15.0. The zero-order valence-corrected chi connectivity index (χ0v) is 23.0. The van der Waals surface area contributed by atoms with Crippen LogP contribution in [0.1, 0.15) is 64.4 Å². The monoisotopic (exact) mass is 540 g/mol. The molecule has 0 N–H and O–H groups in total. The van der Waals surface area contributed by atoms with Crippen LogP contribution < -0.4 is 4.74 Å². The van der Waals surface area contributed by atoms with Crippen molar-refractivity contribution in [1.82, 2.24) is 0 Å². The Hall–Kier alpha value is -2.83. The van der Waals surface area contributed by atoms with E-state index in [0.717, 1.165) is 30.4 Å². The summed E-state index contributed by atoms with van der Waals surface area (Å²) in [6.07, 6.45) is 8.42. The standard InChI is InChI=1S/C33H39F3O3/c1-3-5-6-7-8-9-31-38-21-23(22-39-31)10-11-26-16-17-27(20-29(26)34)24-12-14-25(15-13-24)28-18-19-30(37-4-2)33(36)32(28)35/h12-20,23,31H,3-11,21-22H2,1-2H3. The third kappa shape index (κ3) is 7.86. The third-order valence-electron chi connectivity index (χ3n) is 7.33. The molecule has 0 saturated carbocycles. The minimum atomic E-state index is -1.000. The van der Waals surface area contributed by atoms with Gasteiger partial charge in [-0.3, -0.25) is 0 Å². The zero-order chi connectivity index (χ0) is 27.6. The Labute approximate surface area is 230 Å². The van der Waals surface area contributed by atoms with Crippen LogP contribution in [0.2, 0.25) is 0 Å². The second-order valence-corrected chi connectivity index (χ2v) is 10.3. The molecule has 0 amide bonds. The van der Waals surface area contributed by atoms with Crippen LogP contribution in [0.5, 0.6) is 5.75 Å². The number of unbranched alkanes of at least 4 members (excludes halogenated alkanes) is 4. The van der Waals surface area contributed by atoms with Crippen LogP contribution in [0.25, 0.3) is 22.3 Å². The van der Waals surface area contributed by atoms with Gasteiger partial charge in [-0.1, -0.05) is 69.0 Å². The van der Waals surface area contributed by atoms with Crippen molar-refractivity contribution < 1.29 is 27.4 Å². The summed E-state index contributed by atoms with van der Waals surface area (Å²) >= 11 is 0. The summed E-state index contributed by atoms with van der Waals surface area (Å²) in [5.41, 5.74) is 2.88. The van der Waals surface area contributed by atoms with Gasteiger partial charge >= 0.3 is 0 Å². The van der Waals surface area contributed by atoms with Crippen LogP contribution >= 0.6 is 0 Å². The highest BCUT2D eigenvalue weighted by atomic mass is 19.2. The molecule has 0 spiro atoms. The second kappa shape index (κ2) is 14.5. The molecule has 3 aromatic carbocycles. The van der Waals surface area contributed by atoms with Crippen LogP contribution in [0.4, 0.5) is 13.2 Å². The average molecular weight is 541 g/mol. The molecule has 39 heavy (non-hydrogen) atoms. The molecule has 3 nitrogen and oxygen atoms in total. The second-order valence-electron chi connectivity index (χ2n) is 10.3. The molecule has 0 radical (unpaired) electrons. The summed E-state index contributed by atoms with van der Waals surface area (Å²) in [5, 5.41) is 0. The minimum Gasteiger partial charge on any atom is -0.491 e. The molecule has 6 heteroatoms. The third-order valence-corrected chi connectivity index (χ3v) is 7.33. The molecule has 4 rings (SSSR count). The molecule has 1 heterocycles. The molecule has 1 aliphatic rings. The predicted octanol–water partition coefficient (Wildman–Crippen LogP) is 9.12. The lowest BCUT2D eigenvalue weighted by Gasteiger charge is -2.29. The van der Waals surface area contributed by atoms with Crippen molar-refractivity contribution >= 4 is 0 Å². The normalized spacial score (nSPS) is 17.4. The Balaban J connectivity index is 1.29. The lowest BCUT2D eigenvalue weighted by Crippen LogP contribution is -2.32. The Morgan fingerprint density at radius 2 is 1.44 bits per heavy atom. The van der Waals surface area contributed by atoms with E-state index in [0.29, 0.717) is 30.8 Å². The van der Waals surface area contributed by atoms with Crippen molar-refractivity contribution in [3.05, 3.63) is 77.6 Å². The van der Waals surface area contributed by atoms with E-state index in [1.165, 1.54) is 43.9 Å². The first-order valence-electron chi connectivity index (χ1n) is 14.2. The zero-order valence-electron chi connectivity index (χ0n) is 23.0. The molecule has 1 aliphatic heterocycles.